The van der Waals surface area contributed by atoms with Crippen molar-refractivity contribution >= 4 is 5.91 Å². The van der Waals surface area contributed by atoms with Crippen LogP contribution in [0.2, 0.25) is 0 Å². The third kappa shape index (κ3) is 4.06. The van der Waals surface area contributed by atoms with E-state index in [0.717, 1.165) is 0 Å². The fourth-order valence-electron chi connectivity index (χ4n) is 2.30. The Balaban J connectivity index is 1.65. The SMILES string of the molecule is C[C@@H](NC(=O)Cc1ccccc1F)c1nc(-c2ccc(F)cc2)no1. The fraction of sp³-hybridized carbons (Fsp3) is 0.167. The summed E-state index contributed by atoms with van der Waals surface area (Å²) in [6.45, 7) is 1.68. The lowest BCUT2D eigenvalue weighted by molar-refractivity contribution is -0.121. The van der Waals surface area contributed by atoms with E-state index in [2.05, 4.69) is 15.5 Å². The summed E-state index contributed by atoms with van der Waals surface area (Å²) in [5.41, 5.74) is 0.908. The molecule has 128 valence electrons. The van der Waals surface area contributed by atoms with Crippen molar-refractivity contribution in [2.24, 2.45) is 0 Å². The van der Waals surface area contributed by atoms with Crippen LogP contribution in [0, 0.1) is 11.6 Å². The van der Waals surface area contributed by atoms with Crippen LogP contribution in [-0.4, -0.2) is 16.0 Å². The first-order chi connectivity index (χ1) is 12.0. The maximum absolute atomic E-state index is 13.6. The van der Waals surface area contributed by atoms with Gasteiger partial charge in [0, 0.05) is 5.56 Å². The molecule has 0 aliphatic rings. The van der Waals surface area contributed by atoms with Crippen molar-refractivity contribution in [1.29, 1.82) is 0 Å². The van der Waals surface area contributed by atoms with Gasteiger partial charge < -0.3 is 9.84 Å². The zero-order chi connectivity index (χ0) is 17.8. The molecule has 3 aromatic rings. The second-order valence-corrected chi connectivity index (χ2v) is 5.52. The first kappa shape index (κ1) is 16.8. The van der Waals surface area contributed by atoms with Gasteiger partial charge in [0.15, 0.2) is 0 Å². The van der Waals surface area contributed by atoms with E-state index in [4.69, 9.17) is 4.52 Å². The van der Waals surface area contributed by atoms with Gasteiger partial charge in [-0.3, -0.25) is 4.79 Å². The molecule has 1 atom stereocenters. The van der Waals surface area contributed by atoms with Crippen molar-refractivity contribution in [1.82, 2.24) is 15.5 Å². The zero-order valence-electron chi connectivity index (χ0n) is 13.4. The van der Waals surface area contributed by atoms with Gasteiger partial charge in [0.25, 0.3) is 0 Å². The number of hydrogen-bond donors (Lipinski definition) is 1. The molecule has 1 heterocycles. The molecule has 0 radical (unpaired) electrons. The van der Waals surface area contributed by atoms with Crippen molar-refractivity contribution in [3.8, 4) is 11.4 Å². The van der Waals surface area contributed by atoms with Gasteiger partial charge in [-0.2, -0.15) is 4.98 Å². The van der Waals surface area contributed by atoms with Crippen LogP contribution in [0.4, 0.5) is 8.78 Å². The molecule has 0 spiro atoms. The fourth-order valence-corrected chi connectivity index (χ4v) is 2.30. The summed E-state index contributed by atoms with van der Waals surface area (Å²) in [6, 6.07) is 11.2. The highest BCUT2D eigenvalue weighted by Crippen LogP contribution is 2.19. The van der Waals surface area contributed by atoms with E-state index in [0.29, 0.717) is 17.0 Å². The summed E-state index contributed by atoms with van der Waals surface area (Å²) in [5, 5.41) is 6.51. The first-order valence-corrected chi connectivity index (χ1v) is 7.65. The van der Waals surface area contributed by atoms with Gasteiger partial charge in [0.1, 0.15) is 17.7 Å². The number of nitrogens with one attached hydrogen (secondary N) is 1. The van der Waals surface area contributed by atoms with Crippen LogP contribution < -0.4 is 5.32 Å². The zero-order valence-corrected chi connectivity index (χ0v) is 13.4. The lowest BCUT2D eigenvalue weighted by atomic mass is 10.1. The number of benzene rings is 2. The minimum absolute atomic E-state index is 0.0873. The molecule has 1 amide bonds. The van der Waals surface area contributed by atoms with E-state index in [1.54, 1.807) is 25.1 Å². The minimum Gasteiger partial charge on any atom is -0.344 e. The second-order valence-electron chi connectivity index (χ2n) is 5.52. The second kappa shape index (κ2) is 7.21. The summed E-state index contributed by atoms with van der Waals surface area (Å²) in [4.78, 5) is 16.3. The van der Waals surface area contributed by atoms with Crippen molar-refractivity contribution in [2.45, 2.75) is 19.4 Å². The number of carbonyl (C=O) groups excluding carboxylic acids is 1. The van der Waals surface area contributed by atoms with Gasteiger partial charge in [0.05, 0.1) is 6.42 Å². The largest absolute Gasteiger partial charge is 0.344 e. The maximum atomic E-state index is 13.6. The van der Waals surface area contributed by atoms with Crippen LogP contribution in [0.5, 0.6) is 0 Å². The number of nitrogens with zero attached hydrogens (tertiary/aromatic N) is 2. The van der Waals surface area contributed by atoms with Crippen LogP contribution in [0.15, 0.2) is 53.1 Å². The van der Waals surface area contributed by atoms with Gasteiger partial charge in [-0.25, -0.2) is 8.78 Å². The van der Waals surface area contributed by atoms with Gasteiger partial charge in [0.2, 0.25) is 17.6 Å². The number of amides is 1. The van der Waals surface area contributed by atoms with Crippen LogP contribution in [0.25, 0.3) is 11.4 Å². The van der Waals surface area contributed by atoms with Crippen molar-refractivity contribution in [2.75, 3.05) is 0 Å². The average Bonchev–Trinajstić information content (AvgIpc) is 3.08. The summed E-state index contributed by atoms with van der Waals surface area (Å²) < 4.78 is 31.7. The molecule has 0 bridgehead atoms. The third-order valence-electron chi connectivity index (χ3n) is 3.60. The van der Waals surface area contributed by atoms with Crippen LogP contribution in [-0.2, 0) is 11.2 Å². The normalized spacial score (nSPS) is 12.0. The smallest absolute Gasteiger partial charge is 0.249 e. The Morgan fingerprint density at radius 1 is 1.16 bits per heavy atom. The average molecular weight is 343 g/mol. The number of rotatable bonds is 5. The Hall–Kier alpha value is -3.09. The Labute approximate surface area is 142 Å². The highest BCUT2D eigenvalue weighted by atomic mass is 19.1. The van der Waals surface area contributed by atoms with Crippen molar-refractivity contribution in [3.63, 3.8) is 0 Å². The molecule has 0 fully saturated rings. The van der Waals surface area contributed by atoms with Gasteiger partial charge in [-0.05, 0) is 42.8 Å². The summed E-state index contributed by atoms with van der Waals surface area (Å²) in [5.74, 6) is -0.645. The predicted octanol–water partition coefficient (Wildman–Crippen LogP) is 3.43. The monoisotopic (exact) mass is 343 g/mol. The van der Waals surface area contributed by atoms with Crippen LogP contribution in [0.3, 0.4) is 0 Å². The topological polar surface area (TPSA) is 68.0 Å². The Bertz CT molecular complexity index is 878. The van der Waals surface area contributed by atoms with Crippen LogP contribution >= 0.6 is 0 Å². The number of hydrogen-bond acceptors (Lipinski definition) is 4. The molecule has 1 aromatic heterocycles. The third-order valence-corrected chi connectivity index (χ3v) is 3.60. The minimum atomic E-state index is -0.541. The molecule has 2 aromatic carbocycles. The molecular weight excluding hydrogens is 328 g/mol. The summed E-state index contributed by atoms with van der Waals surface area (Å²) >= 11 is 0. The van der Waals surface area contributed by atoms with E-state index in [1.807, 2.05) is 0 Å². The molecule has 0 aliphatic heterocycles. The highest BCUT2D eigenvalue weighted by molar-refractivity contribution is 5.78. The van der Waals surface area contributed by atoms with Gasteiger partial charge in [-0.1, -0.05) is 23.4 Å². The Kier molecular flexibility index (Phi) is 4.83. The number of aromatic nitrogens is 2. The number of carbonyl (C=O) groups is 1. The molecular formula is C18H15F2N3O2. The molecule has 3 rings (SSSR count). The Morgan fingerprint density at radius 3 is 2.60 bits per heavy atom. The van der Waals surface area contributed by atoms with E-state index >= 15 is 0 Å². The lowest BCUT2D eigenvalue weighted by Crippen LogP contribution is -2.28. The lowest BCUT2D eigenvalue weighted by Gasteiger charge is -2.10. The molecule has 5 nitrogen and oxygen atoms in total. The summed E-state index contributed by atoms with van der Waals surface area (Å²) in [7, 11) is 0. The van der Waals surface area contributed by atoms with Crippen LogP contribution in [0.1, 0.15) is 24.4 Å². The Morgan fingerprint density at radius 2 is 1.88 bits per heavy atom. The van der Waals surface area contributed by atoms with E-state index < -0.39 is 11.9 Å². The molecule has 7 heteroatoms. The van der Waals surface area contributed by atoms with Gasteiger partial charge >= 0.3 is 0 Å². The van der Waals surface area contributed by atoms with Gasteiger partial charge in [-0.15, -0.1) is 0 Å². The number of halogens is 2. The molecule has 0 saturated carbocycles. The molecule has 25 heavy (non-hydrogen) atoms. The van der Waals surface area contributed by atoms with E-state index in [9.17, 15) is 13.6 Å². The molecule has 0 aliphatic carbocycles. The van der Waals surface area contributed by atoms with Crippen molar-refractivity contribution < 1.29 is 18.1 Å². The van der Waals surface area contributed by atoms with E-state index in [-0.39, 0.29) is 24.0 Å². The standard InChI is InChI=1S/C18H15F2N3O2/c1-11(21-16(24)10-13-4-2-3-5-15(13)20)18-22-17(23-25-18)12-6-8-14(19)9-7-12/h2-9,11H,10H2,1H3,(H,21,24)/t11-/m1/s1. The quantitative estimate of drug-likeness (QED) is 0.771. The van der Waals surface area contributed by atoms with E-state index in [1.165, 1.54) is 30.3 Å². The maximum Gasteiger partial charge on any atom is 0.249 e. The van der Waals surface area contributed by atoms with Crippen molar-refractivity contribution in [3.05, 3.63) is 71.6 Å². The first-order valence-electron chi connectivity index (χ1n) is 7.65. The molecule has 0 saturated heterocycles. The highest BCUT2D eigenvalue weighted by Gasteiger charge is 2.18. The predicted molar refractivity (Wildman–Crippen MR) is 86.4 cm³/mol. The summed E-state index contributed by atoms with van der Waals surface area (Å²) in [6.07, 6.45) is -0.0873. The molecule has 0 unspecified atom stereocenters. The molecule has 1 N–H and O–H groups in total.